The van der Waals surface area contributed by atoms with Crippen LogP contribution in [0.5, 0.6) is 0 Å². The second-order valence-corrected chi connectivity index (χ2v) is 5.10. The van der Waals surface area contributed by atoms with Crippen LogP contribution in [0.1, 0.15) is 21.8 Å². The molecule has 0 unspecified atom stereocenters. The standard InChI is InChI=1S/C15H12N2O2S/c18-14(13-7-4-8-19-13)17-15-16-12(10-20-15)9-11-5-2-1-3-6-11/h1-8,10H,9H2,(H,16,17,18). The van der Waals surface area contributed by atoms with Gasteiger partial charge in [0.25, 0.3) is 5.91 Å². The summed E-state index contributed by atoms with van der Waals surface area (Å²) in [7, 11) is 0. The Balaban J connectivity index is 1.67. The number of amides is 1. The lowest BCUT2D eigenvalue weighted by Gasteiger charge is -1.98. The third-order valence-corrected chi connectivity index (χ3v) is 3.55. The summed E-state index contributed by atoms with van der Waals surface area (Å²) in [6.07, 6.45) is 2.23. The maximum absolute atomic E-state index is 11.8. The minimum atomic E-state index is -0.282. The van der Waals surface area contributed by atoms with Crippen LogP contribution in [0.4, 0.5) is 5.13 Å². The molecule has 0 aliphatic rings. The first-order valence-corrected chi connectivity index (χ1v) is 7.02. The number of furan rings is 1. The van der Waals surface area contributed by atoms with Gasteiger partial charge in [-0.25, -0.2) is 4.98 Å². The molecule has 1 N–H and O–H groups in total. The number of anilines is 1. The molecule has 0 bridgehead atoms. The molecule has 0 aliphatic heterocycles. The molecule has 2 aromatic heterocycles. The van der Waals surface area contributed by atoms with Crippen LogP contribution >= 0.6 is 11.3 Å². The summed E-state index contributed by atoms with van der Waals surface area (Å²) in [4.78, 5) is 16.2. The topological polar surface area (TPSA) is 55.1 Å². The van der Waals surface area contributed by atoms with Gasteiger partial charge in [-0.05, 0) is 17.7 Å². The first-order valence-electron chi connectivity index (χ1n) is 6.14. The Labute approximate surface area is 120 Å². The molecule has 0 atom stereocenters. The van der Waals surface area contributed by atoms with E-state index in [0.717, 1.165) is 12.1 Å². The van der Waals surface area contributed by atoms with Crippen molar-refractivity contribution >= 4 is 22.4 Å². The van der Waals surface area contributed by atoms with E-state index in [9.17, 15) is 4.79 Å². The smallest absolute Gasteiger partial charge is 0.293 e. The van der Waals surface area contributed by atoms with Crippen molar-refractivity contribution in [3.63, 3.8) is 0 Å². The van der Waals surface area contributed by atoms with Crippen molar-refractivity contribution in [3.05, 3.63) is 71.1 Å². The Bertz CT molecular complexity index is 690. The number of aromatic nitrogens is 1. The van der Waals surface area contributed by atoms with Gasteiger partial charge < -0.3 is 4.42 Å². The molecule has 3 aromatic rings. The van der Waals surface area contributed by atoms with Crippen molar-refractivity contribution in [2.24, 2.45) is 0 Å². The summed E-state index contributed by atoms with van der Waals surface area (Å²) in [5.41, 5.74) is 2.14. The molecule has 0 fully saturated rings. The molecule has 0 radical (unpaired) electrons. The molecule has 5 heteroatoms. The zero-order valence-electron chi connectivity index (χ0n) is 10.6. The summed E-state index contributed by atoms with van der Waals surface area (Å²) < 4.78 is 5.03. The van der Waals surface area contributed by atoms with Crippen LogP contribution in [0.25, 0.3) is 0 Å². The molecular weight excluding hydrogens is 272 g/mol. The summed E-state index contributed by atoms with van der Waals surface area (Å²) in [5.74, 6) is 0.000389. The predicted octanol–water partition coefficient (Wildman–Crippen LogP) is 3.58. The maximum atomic E-state index is 11.8. The van der Waals surface area contributed by atoms with Crippen LogP contribution < -0.4 is 5.32 Å². The highest BCUT2D eigenvalue weighted by Gasteiger charge is 2.11. The molecule has 0 saturated heterocycles. The number of thiazole rings is 1. The number of rotatable bonds is 4. The number of carbonyl (C=O) groups excluding carboxylic acids is 1. The number of nitrogens with zero attached hydrogens (tertiary/aromatic N) is 1. The van der Waals surface area contributed by atoms with Gasteiger partial charge in [-0.3, -0.25) is 10.1 Å². The van der Waals surface area contributed by atoms with E-state index in [1.165, 1.54) is 23.2 Å². The van der Waals surface area contributed by atoms with E-state index >= 15 is 0 Å². The zero-order valence-corrected chi connectivity index (χ0v) is 11.4. The van der Waals surface area contributed by atoms with Crippen LogP contribution in [0.2, 0.25) is 0 Å². The van der Waals surface area contributed by atoms with Crippen LogP contribution in [0.15, 0.2) is 58.5 Å². The largest absolute Gasteiger partial charge is 0.459 e. The predicted molar refractivity (Wildman–Crippen MR) is 78.0 cm³/mol. The third-order valence-electron chi connectivity index (χ3n) is 2.75. The molecule has 0 saturated carbocycles. The first-order chi connectivity index (χ1) is 9.81. The van der Waals surface area contributed by atoms with E-state index in [0.29, 0.717) is 5.13 Å². The van der Waals surface area contributed by atoms with Crippen LogP contribution in [0.3, 0.4) is 0 Å². The van der Waals surface area contributed by atoms with E-state index in [1.807, 2.05) is 23.6 Å². The van der Waals surface area contributed by atoms with Gasteiger partial charge in [-0.1, -0.05) is 30.3 Å². The molecular formula is C15H12N2O2S. The first kappa shape index (κ1) is 12.6. The molecule has 2 heterocycles. The summed E-state index contributed by atoms with van der Waals surface area (Å²) in [6.45, 7) is 0. The number of benzene rings is 1. The Morgan fingerprint density at radius 3 is 2.80 bits per heavy atom. The Hall–Kier alpha value is -2.40. The van der Waals surface area contributed by atoms with Crippen molar-refractivity contribution < 1.29 is 9.21 Å². The van der Waals surface area contributed by atoms with Gasteiger partial charge in [-0.15, -0.1) is 11.3 Å². The average Bonchev–Trinajstić information content (AvgIpc) is 3.11. The van der Waals surface area contributed by atoms with Crippen molar-refractivity contribution in [1.29, 1.82) is 0 Å². The van der Waals surface area contributed by atoms with E-state index in [2.05, 4.69) is 22.4 Å². The molecule has 100 valence electrons. The van der Waals surface area contributed by atoms with Crippen LogP contribution in [0, 0.1) is 0 Å². The SMILES string of the molecule is O=C(Nc1nc(Cc2ccccc2)cs1)c1ccco1. The van der Waals surface area contributed by atoms with Crippen molar-refractivity contribution in [1.82, 2.24) is 4.98 Å². The molecule has 20 heavy (non-hydrogen) atoms. The number of nitrogens with one attached hydrogen (secondary N) is 1. The van der Waals surface area contributed by atoms with Crippen molar-refractivity contribution in [2.75, 3.05) is 5.32 Å². The zero-order chi connectivity index (χ0) is 13.8. The van der Waals surface area contributed by atoms with Gasteiger partial charge in [0.1, 0.15) is 0 Å². The Kier molecular flexibility index (Phi) is 3.60. The van der Waals surface area contributed by atoms with Gasteiger partial charge in [0.2, 0.25) is 0 Å². The molecule has 0 aliphatic carbocycles. The fourth-order valence-corrected chi connectivity index (χ4v) is 2.52. The highest BCUT2D eigenvalue weighted by atomic mass is 32.1. The van der Waals surface area contributed by atoms with Gasteiger partial charge in [0, 0.05) is 11.8 Å². The van der Waals surface area contributed by atoms with Gasteiger partial charge in [0.05, 0.1) is 12.0 Å². The van der Waals surface area contributed by atoms with Gasteiger partial charge >= 0.3 is 0 Å². The fraction of sp³-hybridized carbons (Fsp3) is 0.0667. The number of hydrogen-bond donors (Lipinski definition) is 1. The number of carbonyl (C=O) groups is 1. The second kappa shape index (κ2) is 5.71. The normalized spacial score (nSPS) is 10.4. The maximum Gasteiger partial charge on any atom is 0.293 e. The minimum Gasteiger partial charge on any atom is -0.459 e. The molecule has 4 nitrogen and oxygen atoms in total. The van der Waals surface area contributed by atoms with Gasteiger partial charge in [0.15, 0.2) is 10.9 Å². The third kappa shape index (κ3) is 2.95. The van der Waals surface area contributed by atoms with Crippen molar-refractivity contribution in [2.45, 2.75) is 6.42 Å². The lowest BCUT2D eigenvalue weighted by Crippen LogP contribution is -2.10. The average molecular weight is 284 g/mol. The van der Waals surface area contributed by atoms with E-state index in [-0.39, 0.29) is 11.7 Å². The van der Waals surface area contributed by atoms with E-state index < -0.39 is 0 Å². The molecule has 1 aromatic carbocycles. The monoisotopic (exact) mass is 284 g/mol. The quantitative estimate of drug-likeness (QED) is 0.796. The van der Waals surface area contributed by atoms with Crippen LogP contribution in [-0.4, -0.2) is 10.9 Å². The molecule has 1 amide bonds. The van der Waals surface area contributed by atoms with Crippen molar-refractivity contribution in [3.8, 4) is 0 Å². The van der Waals surface area contributed by atoms with Crippen LogP contribution in [-0.2, 0) is 6.42 Å². The van der Waals surface area contributed by atoms with E-state index in [4.69, 9.17) is 4.42 Å². The lowest BCUT2D eigenvalue weighted by atomic mass is 10.1. The Morgan fingerprint density at radius 2 is 2.05 bits per heavy atom. The lowest BCUT2D eigenvalue weighted by molar-refractivity contribution is 0.0996. The molecule has 0 spiro atoms. The minimum absolute atomic E-state index is 0.282. The summed E-state index contributed by atoms with van der Waals surface area (Å²) in [6, 6.07) is 13.4. The second-order valence-electron chi connectivity index (χ2n) is 4.24. The highest BCUT2D eigenvalue weighted by Crippen LogP contribution is 2.19. The summed E-state index contributed by atoms with van der Waals surface area (Å²) in [5, 5.41) is 5.26. The fourth-order valence-electron chi connectivity index (χ4n) is 1.82. The van der Waals surface area contributed by atoms with Gasteiger partial charge in [-0.2, -0.15) is 0 Å². The van der Waals surface area contributed by atoms with E-state index in [1.54, 1.807) is 12.1 Å². The summed E-state index contributed by atoms with van der Waals surface area (Å²) >= 11 is 1.41. The Morgan fingerprint density at radius 1 is 1.20 bits per heavy atom. The molecule has 3 rings (SSSR count). The number of hydrogen-bond acceptors (Lipinski definition) is 4. The highest BCUT2D eigenvalue weighted by molar-refractivity contribution is 7.13.